The minimum atomic E-state index is -0.0474. The van der Waals surface area contributed by atoms with Crippen LogP contribution in [0, 0.1) is 12.3 Å². The van der Waals surface area contributed by atoms with E-state index < -0.39 is 0 Å². The number of halogens is 1. The zero-order valence-corrected chi connectivity index (χ0v) is 19.2. The Hall–Kier alpha value is -2.33. The largest absolute Gasteiger partial charge is 0.378 e. The minimum absolute atomic E-state index is 0.0101. The first-order chi connectivity index (χ1) is 14.0. The molecule has 0 fully saturated rings. The summed E-state index contributed by atoms with van der Waals surface area (Å²) in [6, 6.07) is 9.62. The summed E-state index contributed by atoms with van der Waals surface area (Å²) in [4.78, 5) is 24.5. The average molecular weight is 427 g/mol. The summed E-state index contributed by atoms with van der Waals surface area (Å²) in [6.45, 7) is 9.83. The van der Waals surface area contributed by atoms with Crippen molar-refractivity contribution in [2.75, 3.05) is 10.6 Å². The third-order valence-electron chi connectivity index (χ3n) is 5.59. The smallest absolute Gasteiger partial charge is 0.224 e. The number of anilines is 2. The van der Waals surface area contributed by atoms with Crippen LogP contribution in [0.15, 0.2) is 30.3 Å². The molecule has 1 atom stereocenters. The number of rotatable bonds is 5. The van der Waals surface area contributed by atoms with Crippen molar-refractivity contribution in [2.45, 2.75) is 66.3 Å². The van der Waals surface area contributed by atoms with E-state index in [1.54, 1.807) is 19.1 Å². The highest BCUT2D eigenvalue weighted by atomic mass is 35.5. The van der Waals surface area contributed by atoms with Crippen molar-refractivity contribution in [3.05, 3.63) is 57.6 Å². The van der Waals surface area contributed by atoms with Gasteiger partial charge in [0.15, 0.2) is 5.78 Å². The van der Waals surface area contributed by atoms with Gasteiger partial charge in [0.25, 0.3) is 0 Å². The fourth-order valence-electron chi connectivity index (χ4n) is 4.16. The van der Waals surface area contributed by atoms with Gasteiger partial charge in [-0.3, -0.25) is 9.59 Å². The molecule has 1 amide bonds. The summed E-state index contributed by atoms with van der Waals surface area (Å²) in [5.74, 6) is 0.0346. The molecular formula is C25H31ClN2O2. The Morgan fingerprint density at radius 1 is 1.13 bits per heavy atom. The zero-order valence-electron chi connectivity index (χ0n) is 18.5. The zero-order chi connectivity index (χ0) is 22.1. The fraction of sp³-hybridized carbons (Fsp3) is 0.440. The maximum atomic E-state index is 12.4. The van der Waals surface area contributed by atoms with Crippen molar-refractivity contribution in [1.29, 1.82) is 0 Å². The predicted octanol–water partition coefficient (Wildman–Crippen LogP) is 6.72. The van der Waals surface area contributed by atoms with Crippen LogP contribution in [0.3, 0.4) is 0 Å². The number of carbonyl (C=O) groups excluding carboxylic acids is 2. The van der Waals surface area contributed by atoms with E-state index in [4.69, 9.17) is 11.6 Å². The molecule has 0 spiro atoms. The standard InChI is InChI=1S/C25H31ClN2O2/c1-15-18-7-6-8-22(27-23-11-9-17(26)13-20(23)16(2)29)19(18)10-12-21(15)28-24(30)14-25(3,4)5/h9-13,22,27H,6-8,14H2,1-5H3,(H,28,30). The number of Topliss-reactive ketones (excluding diaryl/α,β-unsaturated/α-hetero) is 1. The van der Waals surface area contributed by atoms with E-state index in [-0.39, 0.29) is 23.1 Å². The van der Waals surface area contributed by atoms with Crippen LogP contribution in [0.4, 0.5) is 11.4 Å². The van der Waals surface area contributed by atoms with E-state index in [2.05, 4.69) is 44.4 Å². The average Bonchev–Trinajstić information content (AvgIpc) is 2.64. The molecule has 0 saturated carbocycles. The number of amides is 1. The van der Waals surface area contributed by atoms with E-state index in [0.717, 1.165) is 36.2 Å². The van der Waals surface area contributed by atoms with Crippen LogP contribution < -0.4 is 10.6 Å². The third kappa shape index (κ3) is 5.23. The van der Waals surface area contributed by atoms with Crippen molar-refractivity contribution < 1.29 is 9.59 Å². The fourth-order valence-corrected chi connectivity index (χ4v) is 4.33. The molecule has 0 heterocycles. The van der Waals surface area contributed by atoms with Crippen molar-refractivity contribution in [3.8, 4) is 0 Å². The number of benzene rings is 2. The van der Waals surface area contributed by atoms with Crippen LogP contribution in [-0.2, 0) is 11.2 Å². The molecule has 0 saturated heterocycles. The molecule has 4 nitrogen and oxygen atoms in total. The second-order valence-corrected chi connectivity index (χ2v) is 9.86. The monoisotopic (exact) mass is 426 g/mol. The Bertz CT molecular complexity index is 976. The lowest BCUT2D eigenvalue weighted by Crippen LogP contribution is -2.22. The van der Waals surface area contributed by atoms with Gasteiger partial charge in [-0.05, 0) is 79.5 Å². The van der Waals surface area contributed by atoms with E-state index in [0.29, 0.717) is 17.0 Å². The topological polar surface area (TPSA) is 58.2 Å². The second kappa shape index (κ2) is 8.81. The minimum Gasteiger partial charge on any atom is -0.378 e. The van der Waals surface area contributed by atoms with Gasteiger partial charge in [0.1, 0.15) is 0 Å². The number of hydrogen-bond acceptors (Lipinski definition) is 3. The first-order valence-electron chi connectivity index (χ1n) is 10.5. The molecule has 1 aliphatic rings. The highest BCUT2D eigenvalue weighted by Gasteiger charge is 2.24. The Balaban J connectivity index is 1.86. The van der Waals surface area contributed by atoms with Gasteiger partial charge in [0.2, 0.25) is 5.91 Å². The molecule has 30 heavy (non-hydrogen) atoms. The van der Waals surface area contributed by atoms with Crippen LogP contribution in [0.1, 0.15) is 80.0 Å². The van der Waals surface area contributed by atoms with Crippen molar-refractivity contribution >= 4 is 34.7 Å². The van der Waals surface area contributed by atoms with Crippen LogP contribution in [0.2, 0.25) is 5.02 Å². The van der Waals surface area contributed by atoms with Gasteiger partial charge in [-0.2, -0.15) is 0 Å². The summed E-state index contributed by atoms with van der Waals surface area (Å²) in [5.41, 5.74) is 5.91. The first-order valence-corrected chi connectivity index (χ1v) is 10.9. The number of fused-ring (bicyclic) bond motifs is 1. The van der Waals surface area contributed by atoms with Gasteiger partial charge in [-0.15, -0.1) is 0 Å². The number of hydrogen-bond donors (Lipinski definition) is 2. The molecule has 0 aliphatic heterocycles. The lowest BCUT2D eigenvalue weighted by molar-refractivity contribution is -0.117. The lowest BCUT2D eigenvalue weighted by Gasteiger charge is -2.30. The van der Waals surface area contributed by atoms with Gasteiger partial charge in [0, 0.05) is 28.4 Å². The highest BCUT2D eigenvalue weighted by molar-refractivity contribution is 6.31. The number of ketones is 1. The summed E-state index contributed by atoms with van der Waals surface area (Å²) < 4.78 is 0. The highest BCUT2D eigenvalue weighted by Crippen LogP contribution is 2.38. The molecule has 1 aliphatic carbocycles. The Morgan fingerprint density at radius 2 is 1.83 bits per heavy atom. The van der Waals surface area contributed by atoms with E-state index >= 15 is 0 Å². The van der Waals surface area contributed by atoms with Crippen molar-refractivity contribution in [3.63, 3.8) is 0 Å². The molecule has 2 aromatic carbocycles. The quantitative estimate of drug-likeness (QED) is 0.522. The van der Waals surface area contributed by atoms with Gasteiger partial charge in [0.05, 0.1) is 6.04 Å². The summed E-state index contributed by atoms with van der Waals surface area (Å²) >= 11 is 6.09. The molecule has 2 aromatic rings. The van der Waals surface area contributed by atoms with Gasteiger partial charge in [-0.25, -0.2) is 0 Å². The molecule has 0 bridgehead atoms. The molecule has 2 N–H and O–H groups in total. The number of carbonyl (C=O) groups is 2. The van der Waals surface area contributed by atoms with E-state index in [1.807, 2.05) is 12.1 Å². The Morgan fingerprint density at radius 3 is 2.50 bits per heavy atom. The SMILES string of the molecule is CC(=O)c1cc(Cl)ccc1NC1CCCc2c1ccc(NC(=O)CC(C)(C)C)c2C. The van der Waals surface area contributed by atoms with Gasteiger partial charge >= 0.3 is 0 Å². The summed E-state index contributed by atoms with van der Waals surface area (Å²) in [7, 11) is 0. The van der Waals surface area contributed by atoms with Crippen molar-refractivity contribution in [2.24, 2.45) is 5.41 Å². The maximum Gasteiger partial charge on any atom is 0.224 e. The predicted molar refractivity (Wildman–Crippen MR) is 125 cm³/mol. The molecule has 160 valence electrons. The molecule has 3 rings (SSSR count). The Labute approximate surface area is 184 Å². The lowest BCUT2D eigenvalue weighted by atomic mass is 9.84. The van der Waals surface area contributed by atoms with Gasteiger partial charge < -0.3 is 10.6 Å². The molecule has 0 radical (unpaired) electrons. The Kier molecular flexibility index (Phi) is 6.56. The van der Waals surface area contributed by atoms with Crippen LogP contribution >= 0.6 is 11.6 Å². The molecule has 1 unspecified atom stereocenters. The van der Waals surface area contributed by atoms with Crippen molar-refractivity contribution in [1.82, 2.24) is 0 Å². The van der Waals surface area contributed by atoms with Gasteiger partial charge in [-0.1, -0.05) is 38.4 Å². The third-order valence-corrected chi connectivity index (χ3v) is 5.82. The first kappa shape index (κ1) is 22.4. The normalized spacial score (nSPS) is 16.0. The summed E-state index contributed by atoms with van der Waals surface area (Å²) in [5, 5.41) is 7.22. The van der Waals surface area contributed by atoms with E-state index in [9.17, 15) is 9.59 Å². The van der Waals surface area contributed by atoms with Crippen LogP contribution in [0.25, 0.3) is 0 Å². The van der Waals surface area contributed by atoms with Crippen LogP contribution in [0.5, 0.6) is 0 Å². The van der Waals surface area contributed by atoms with Crippen LogP contribution in [-0.4, -0.2) is 11.7 Å². The number of nitrogens with one attached hydrogen (secondary N) is 2. The molecule has 5 heteroatoms. The van der Waals surface area contributed by atoms with E-state index in [1.165, 1.54) is 11.1 Å². The maximum absolute atomic E-state index is 12.4. The second-order valence-electron chi connectivity index (χ2n) is 9.43. The molecular weight excluding hydrogens is 396 g/mol. The molecule has 0 aromatic heterocycles. The summed E-state index contributed by atoms with van der Waals surface area (Å²) in [6.07, 6.45) is 3.51.